The van der Waals surface area contributed by atoms with Crippen LogP contribution >= 0.6 is 0 Å². The highest BCUT2D eigenvalue weighted by molar-refractivity contribution is 5.76. The third-order valence-corrected chi connectivity index (χ3v) is 3.56. The van der Waals surface area contributed by atoms with Crippen molar-refractivity contribution in [1.29, 1.82) is 0 Å². The van der Waals surface area contributed by atoms with Gasteiger partial charge in [-0.1, -0.05) is 6.07 Å². The molecule has 0 radical (unpaired) electrons. The Labute approximate surface area is 127 Å². The number of nitrogens with zero attached hydrogens (tertiary/aromatic N) is 2. The van der Waals surface area contributed by atoms with Gasteiger partial charge in [-0.3, -0.25) is 4.40 Å². The molecular weight excluding hydrogens is 282 g/mol. The summed E-state index contributed by atoms with van der Waals surface area (Å²) < 4.78 is 12.3. The Morgan fingerprint density at radius 2 is 1.91 bits per heavy atom. The normalized spacial score (nSPS) is 10.9. The number of rotatable bonds is 4. The first-order valence-corrected chi connectivity index (χ1v) is 6.77. The SMILES string of the molecule is COc1ccc(-c2nc3ccc(CO)cn3c2N)cc1OC. The fraction of sp³-hybridized carbons (Fsp3) is 0.188. The Kier molecular flexibility index (Phi) is 3.60. The first-order valence-electron chi connectivity index (χ1n) is 6.77. The molecule has 0 aliphatic heterocycles. The van der Waals surface area contributed by atoms with Crippen LogP contribution in [-0.4, -0.2) is 28.7 Å². The Morgan fingerprint density at radius 1 is 1.14 bits per heavy atom. The standard InChI is InChI=1S/C16H17N3O3/c1-21-12-5-4-11(7-13(12)22-2)15-16(17)19-8-10(9-20)3-6-14(19)18-15/h3-8,20H,9,17H2,1-2H3. The van der Waals surface area contributed by atoms with Gasteiger partial charge in [0.1, 0.15) is 17.2 Å². The number of benzene rings is 1. The number of ether oxygens (including phenoxy) is 2. The lowest BCUT2D eigenvalue weighted by Crippen LogP contribution is -1.96. The van der Waals surface area contributed by atoms with Gasteiger partial charge in [0.2, 0.25) is 0 Å². The molecule has 0 amide bonds. The highest BCUT2D eigenvalue weighted by Gasteiger charge is 2.14. The number of fused-ring (bicyclic) bond motifs is 1. The first-order chi connectivity index (χ1) is 10.7. The molecule has 114 valence electrons. The quantitative estimate of drug-likeness (QED) is 0.771. The summed E-state index contributed by atoms with van der Waals surface area (Å²) >= 11 is 0. The van der Waals surface area contributed by atoms with Gasteiger partial charge in [0.05, 0.1) is 20.8 Å². The van der Waals surface area contributed by atoms with Gasteiger partial charge in [0.25, 0.3) is 0 Å². The molecule has 2 heterocycles. The van der Waals surface area contributed by atoms with Crippen LogP contribution in [-0.2, 0) is 6.61 Å². The summed E-state index contributed by atoms with van der Waals surface area (Å²) in [4.78, 5) is 4.55. The first kappa shape index (κ1) is 14.2. The van der Waals surface area contributed by atoms with E-state index in [2.05, 4.69) is 4.98 Å². The van der Waals surface area contributed by atoms with Crippen molar-refractivity contribution in [2.45, 2.75) is 6.61 Å². The summed E-state index contributed by atoms with van der Waals surface area (Å²) in [5, 5.41) is 9.23. The van der Waals surface area contributed by atoms with E-state index >= 15 is 0 Å². The van der Waals surface area contributed by atoms with Gasteiger partial charge in [0.15, 0.2) is 11.5 Å². The lowest BCUT2D eigenvalue weighted by molar-refractivity contribution is 0.281. The van der Waals surface area contributed by atoms with Crippen LogP contribution in [0, 0.1) is 0 Å². The number of nitrogens with two attached hydrogens (primary N) is 1. The summed E-state index contributed by atoms with van der Waals surface area (Å²) in [5.74, 6) is 1.78. The van der Waals surface area contributed by atoms with Crippen molar-refractivity contribution in [1.82, 2.24) is 9.38 Å². The van der Waals surface area contributed by atoms with E-state index in [1.807, 2.05) is 30.3 Å². The fourth-order valence-electron chi connectivity index (χ4n) is 2.40. The number of nitrogen functional groups attached to an aromatic ring is 1. The average molecular weight is 299 g/mol. The highest BCUT2D eigenvalue weighted by atomic mass is 16.5. The van der Waals surface area contributed by atoms with Crippen molar-refractivity contribution in [3.63, 3.8) is 0 Å². The van der Waals surface area contributed by atoms with Crippen molar-refractivity contribution < 1.29 is 14.6 Å². The van der Waals surface area contributed by atoms with Gasteiger partial charge in [-0.25, -0.2) is 4.98 Å². The topological polar surface area (TPSA) is 82.0 Å². The van der Waals surface area contributed by atoms with Gasteiger partial charge in [-0.05, 0) is 29.8 Å². The number of imidazole rings is 1. The monoisotopic (exact) mass is 299 g/mol. The van der Waals surface area contributed by atoms with Crippen molar-refractivity contribution >= 4 is 11.5 Å². The molecule has 22 heavy (non-hydrogen) atoms. The zero-order chi connectivity index (χ0) is 15.7. The number of anilines is 1. The second-order valence-corrected chi connectivity index (χ2v) is 4.84. The predicted octanol–water partition coefficient (Wildman–Crippen LogP) is 2.09. The second-order valence-electron chi connectivity index (χ2n) is 4.84. The molecule has 3 aromatic rings. The molecule has 2 aromatic heterocycles. The van der Waals surface area contributed by atoms with E-state index in [0.29, 0.717) is 23.0 Å². The van der Waals surface area contributed by atoms with Crippen LogP contribution in [0.15, 0.2) is 36.5 Å². The average Bonchev–Trinajstić information content (AvgIpc) is 2.90. The minimum atomic E-state index is -0.0424. The number of pyridine rings is 1. The molecule has 0 bridgehead atoms. The lowest BCUT2D eigenvalue weighted by Gasteiger charge is -2.08. The lowest BCUT2D eigenvalue weighted by atomic mass is 10.1. The van der Waals surface area contributed by atoms with Crippen molar-refractivity contribution in [3.05, 3.63) is 42.1 Å². The summed E-state index contributed by atoms with van der Waals surface area (Å²) in [6, 6.07) is 9.18. The molecule has 0 atom stereocenters. The molecule has 6 heteroatoms. The Hall–Kier alpha value is -2.73. The smallest absolute Gasteiger partial charge is 0.161 e. The van der Waals surface area contributed by atoms with E-state index in [4.69, 9.17) is 15.2 Å². The van der Waals surface area contributed by atoms with E-state index < -0.39 is 0 Å². The Morgan fingerprint density at radius 3 is 2.59 bits per heavy atom. The minimum absolute atomic E-state index is 0.0424. The number of hydrogen-bond donors (Lipinski definition) is 2. The van der Waals surface area contributed by atoms with Crippen LogP contribution in [0.4, 0.5) is 5.82 Å². The molecule has 0 saturated heterocycles. The molecule has 0 unspecified atom stereocenters. The van der Waals surface area contributed by atoms with Gasteiger partial charge in [-0.2, -0.15) is 0 Å². The van der Waals surface area contributed by atoms with Crippen LogP contribution in [0.1, 0.15) is 5.56 Å². The van der Waals surface area contributed by atoms with Crippen molar-refractivity contribution in [3.8, 4) is 22.8 Å². The van der Waals surface area contributed by atoms with Gasteiger partial charge in [-0.15, -0.1) is 0 Å². The molecule has 0 fully saturated rings. The maximum Gasteiger partial charge on any atom is 0.161 e. The van der Waals surface area contributed by atoms with Crippen molar-refractivity contribution in [2.75, 3.05) is 20.0 Å². The number of hydrogen-bond acceptors (Lipinski definition) is 5. The molecule has 0 aliphatic carbocycles. The van der Waals surface area contributed by atoms with Crippen LogP contribution in [0.2, 0.25) is 0 Å². The molecule has 0 saturated carbocycles. The van der Waals surface area contributed by atoms with Crippen LogP contribution in [0.3, 0.4) is 0 Å². The number of aliphatic hydroxyl groups is 1. The molecule has 3 rings (SSSR count). The predicted molar refractivity (Wildman–Crippen MR) is 84.1 cm³/mol. The van der Waals surface area contributed by atoms with E-state index in [1.165, 1.54) is 0 Å². The molecule has 1 aromatic carbocycles. The highest BCUT2D eigenvalue weighted by Crippen LogP contribution is 2.34. The number of aliphatic hydroxyl groups excluding tert-OH is 1. The third-order valence-electron chi connectivity index (χ3n) is 3.56. The maximum absolute atomic E-state index is 9.23. The zero-order valence-electron chi connectivity index (χ0n) is 12.4. The van der Waals surface area contributed by atoms with E-state index in [9.17, 15) is 5.11 Å². The molecule has 0 spiro atoms. The summed E-state index contributed by atoms with van der Waals surface area (Å²) in [7, 11) is 3.18. The summed E-state index contributed by atoms with van der Waals surface area (Å²) in [6.07, 6.45) is 1.78. The van der Waals surface area contributed by atoms with Crippen LogP contribution < -0.4 is 15.2 Å². The fourth-order valence-corrected chi connectivity index (χ4v) is 2.40. The maximum atomic E-state index is 9.23. The summed E-state index contributed by atoms with van der Waals surface area (Å²) in [5.41, 5.74) is 9.20. The largest absolute Gasteiger partial charge is 0.493 e. The van der Waals surface area contributed by atoms with Crippen LogP contribution in [0.25, 0.3) is 16.9 Å². The Balaban J connectivity index is 2.15. The van der Waals surface area contributed by atoms with E-state index in [0.717, 1.165) is 16.8 Å². The molecule has 6 nitrogen and oxygen atoms in total. The van der Waals surface area contributed by atoms with Gasteiger partial charge < -0.3 is 20.3 Å². The van der Waals surface area contributed by atoms with Gasteiger partial charge >= 0.3 is 0 Å². The third kappa shape index (κ3) is 2.23. The molecular formula is C16H17N3O3. The van der Waals surface area contributed by atoms with Gasteiger partial charge in [0, 0.05) is 11.8 Å². The second kappa shape index (κ2) is 5.57. The summed E-state index contributed by atoms with van der Waals surface area (Å²) in [6.45, 7) is -0.0424. The van der Waals surface area contributed by atoms with Crippen LogP contribution in [0.5, 0.6) is 11.5 Å². The molecule has 0 aliphatic rings. The molecule has 3 N–H and O–H groups in total. The van der Waals surface area contributed by atoms with E-state index in [1.54, 1.807) is 24.8 Å². The number of methoxy groups -OCH3 is 2. The minimum Gasteiger partial charge on any atom is -0.493 e. The Bertz CT molecular complexity index is 827. The zero-order valence-corrected chi connectivity index (χ0v) is 12.4. The van der Waals surface area contributed by atoms with Crippen molar-refractivity contribution in [2.24, 2.45) is 0 Å². The number of aromatic nitrogens is 2. The van der Waals surface area contributed by atoms with E-state index in [-0.39, 0.29) is 6.61 Å².